The largest absolute Gasteiger partial charge is 0.484 e. The average molecular weight is 492 g/mol. The molecule has 37 heavy (non-hydrogen) atoms. The molecular formula is C30H29N5O2. The predicted molar refractivity (Wildman–Crippen MR) is 145 cm³/mol. The molecule has 0 unspecified atom stereocenters. The Balaban J connectivity index is 1.32. The van der Waals surface area contributed by atoms with Gasteiger partial charge in [0.25, 0.3) is 5.89 Å². The van der Waals surface area contributed by atoms with Gasteiger partial charge in [-0.2, -0.15) is 0 Å². The number of rotatable bonds is 5. The molecule has 7 nitrogen and oxygen atoms in total. The van der Waals surface area contributed by atoms with Crippen LogP contribution in [0.15, 0.2) is 65.1 Å². The molecule has 0 spiro atoms. The fourth-order valence-corrected chi connectivity index (χ4v) is 4.79. The van der Waals surface area contributed by atoms with Crippen LogP contribution in [-0.4, -0.2) is 24.7 Å². The fraction of sp³-hybridized carbons (Fsp3) is 0.267. The second-order valence-corrected chi connectivity index (χ2v) is 10.5. The molecule has 3 aromatic carbocycles. The van der Waals surface area contributed by atoms with E-state index in [1.54, 1.807) is 0 Å². The molecule has 6 rings (SSSR count). The van der Waals surface area contributed by atoms with E-state index >= 15 is 0 Å². The van der Waals surface area contributed by atoms with Gasteiger partial charge in [0, 0.05) is 5.39 Å². The smallest absolute Gasteiger partial charge is 0.253 e. The summed E-state index contributed by atoms with van der Waals surface area (Å²) < 4.78 is 14.0. The topological polar surface area (TPSA) is 78.9 Å². The highest BCUT2D eigenvalue weighted by molar-refractivity contribution is 6.09. The Morgan fingerprint density at radius 1 is 0.811 bits per heavy atom. The van der Waals surface area contributed by atoms with Gasteiger partial charge in [0.05, 0.1) is 16.6 Å². The molecule has 0 aliphatic carbocycles. The van der Waals surface area contributed by atoms with Crippen LogP contribution in [0.3, 0.4) is 0 Å². The van der Waals surface area contributed by atoms with Gasteiger partial charge in [-0.3, -0.25) is 0 Å². The van der Waals surface area contributed by atoms with Crippen molar-refractivity contribution in [1.29, 1.82) is 0 Å². The Labute approximate surface area is 215 Å². The molecule has 0 N–H and O–H groups in total. The Bertz CT molecular complexity index is 1760. The second kappa shape index (κ2) is 8.69. The van der Waals surface area contributed by atoms with Crippen molar-refractivity contribution in [3.8, 4) is 5.75 Å². The molecule has 0 saturated carbocycles. The van der Waals surface area contributed by atoms with E-state index in [1.165, 1.54) is 5.56 Å². The minimum Gasteiger partial charge on any atom is -0.484 e. The predicted octanol–water partition coefficient (Wildman–Crippen LogP) is 6.66. The van der Waals surface area contributed by atoms with Crippen LogP contribution in [0.4, 0.5) is 0 Å². The summed E-state index contributed by atoms with van der Waals surface area (Å²) in [4.78, 5) is 9.98. The number of ether oxygens (including phenoxy) is 1. The summed E-state index contributed by atoms with van der Waals surface area (Å²) in [5, 5.41) is 9.65. The third-order valence-electron chi connectivity index (χ3n) is 6.79. The maximum absolute atomic E-state index is 6.00. The Morgan fingerprint density at radius 2 is 1.49 bits per heavy atom. The normalized spacial score (nSPS) is 12.1. The van der Waals surface area contributed by atoms with Crippen molar-refractivity contribution in [2.75, 3.05) is 0 Å². The van der Waals surface area contributed by atoms with E-state index in [2.05, 4.69) is 73.6 Å². The molecule has 0 radical (unpaired) electrons. The quantitative estimate of drug-likeness (QED) is 0.268. The zero-order chi connectivity index (χ0) is 25.7. The van der Waals surface area contributed by atoms with Crippen LogP contribution in [0.25, 0.3) is 33.1 Å². The molecule has 7 heteroatoms. The summed E-state index contributed by atoms with van der Waals surface area (Å²) in [6.45, 7) is 11.4. The van der Waals surface area contributed by atoms with Gasteiger partial charge in [-0.25, -0.2) is 9.97 Å². The minimum absolute atomic E-state index is 0.0975. The number of aryl methyl sites for hydroxylation is 2. The first-order chi connectivity index (χ1) is 17.8. The van der Waals surface area contributed by atoms with Crippen LogP contribution in [0.5, 0.6) is 5.75 Å². The van der Waals surface area contributed by atoms with E-state index in [0.717, 1.165) is 50.0 Å². The van der Waals surface area contributed by atoms with E-state index < -0.39 is 0 Å². The Hall–Kier alpha value is -4.26. The van der Waals surface area contributed by atoms with Crippen molar-refractivity contribution < 1.29 is 9.15 Å². The number of fused-ring (bicyclic) bond motifs is 4. The molecule has 0 atom stereocenters. The first kappa shape index (κ1) is 23.2. The van der Waals surface area contributed by atoms with Gasteiger partial charge < -0.3 is 13.7 Å². The van der Waals surface area contributed by atoms with E-state index in [-0.39, 0.29) is 12.0 Å². The van der Waals surface area contributed by atoms with Crippen LogP contribution >= 0.6 is 0 Å². The van der Waals surface area contributed by atoms with Gasteiger partial charge in [-0.15, -0.1) is 10.2 Å². The number of aromatic nitrogens is 5. The fourth-order valence-electron chi connectivity index (χ4n) is 4.79. The third-order valence-corrected chi connectivity index (χ3v) is 6.79. The molecule has 3 aromatic heterocycles. The highest BCUT2D eigenvalue weighted by atomic mass is 16.5. The van der Waals surface area contributed by atoms with E-state index in [1.807, 2.05) is 36.4 Å². The molecule has 0 aliphatic rings. The molecule has 3 heterocycles. The molecule has 0 amide bonds. The summed E-state index contributed by atoms with van der Waals surface area (Å²) in [6.07, 6.45) is 0. The molecule has 0 fully saturated rings. The highest BCUT2D eigenvalue weighted by Crippen LogP contribution is 2.33. The van der Waals surface area contributed by atoms with Crippen molar-refractivity contribution in [2.45, 2.75) is 53.2 Å². The molecular weight excluding hydrogens is 462 g/mol. The van der Waals surface area contributed by atoms with Gasteiger partial charge in [0.2, 0.25) is 5.89 Å². The summed E-state index contributed by atoms with van der Waals surface area (Å²) >= 11 is 0. The van der Waals surface area contributed by atoms with Crippen molar-refractivity contribution >= 4 is 33.1 Å². The molecule has 0 bridgehead atoms. The van der Waals surface area contributed by atoms with Gasteiger partial charge in [-0.05, 0) is 60.2 Å². The van der Waals surface area contributed by atoms with Gasteiger partial charge in [0.1, 0.15) is 17.8 Å². The van der Waals surface area contributed by atoms with Gasteiger partial charge in [-0.1, -0.05) is 57.2 Å². The number of para-hydroxylation sites is 2. The zero-order valence-electron chi connectivity index (χ0n) is 21.7. The molecule has 0 aliphatic heterocycles. The lowest BCUT2D eigenvalue weighted by Gasteiger charge is -2.19. The lowest BCUT2D eigenvalue weighted by atomic mass is 9.87. The summed E-state index contributed by atoms with van der Waals surface area (Å²) in [5.41, 5.74) is 8.16. The van der Waals surface area contributed by atoms with Gasteiger partial charge >= 0.3 is 0 Å². The SMILES string of the molecule is Cc1ccc(C)c2c1c1nc3ccccc3nc1n2Cc1nnc(COc2ccc(C(C)(C)C)cc2)o1. The van der Waals surface area contributed by atoms with Gasteiger partial charge in [0.15, 0.2) is 12.3 Å². The van der Waals surface area contributed by atoms with Crippen LogP contribution in [0.2, 0.25) is 0 Å². The first-order valence-corrected chi connectivity index (χ1v) is 12.5. The maximum Gasteiger partial charge on any atom is 0.253 e. The standard InChI is InChI=1S/C30H29N5O2/c1-18-10-11-19(2)28-26(18)27-29(32-23-9-7-6-8-22(23)31-27)35(28)16-24-33-34-25(37-24)17-36-21-14-12-20(13-15-21)30(3,4)5/h6-15H,16-17H2,1-5H3. The van der Waals surface area contributed by atoms with Crippen LogP contribution in [0.1, 0.15) is 49.2 Å². The summed E-state index contributed by atoms with van der Waals surface area (Å²) in [6, 6.07) is 20.3. The summed E-state index contributed by atoms with van der Waals surface area (Å²) in [7, 11) is 0. The maximum atomic E-state index is 6.00. The van der Waals surface area contributed by atoms with Crippen molar-refractivity contribution in [1.82, 2.24) is 24.7 Å². The number of hydrogen-bond donors (Lipinski definition) is 0. The number of nitrogens with zero attached hydrogens (tertiary/aromatic N) is 5. The average Bonchev–Trinajstić information content (AvgIpc) is 3.46. The van der Waals surface area contributed by atoms with Crippen LogP contribution in [-0.2, 0) is 18.6 Å². The third kappa shape index (κ3) is 4.20. The molecule has 0 saturated heterocycles. The Kier molecular flexibility index (Phi) is 5.44. The Morgan fingerprint density at radius 3 is 2.22 bits per heavy atom. The van der Waals surface area contributed by atoms with Crippen molar-refractivity contribution in [2.24, 2.45) is 0 Å². The lowest BCUT2D eigenvalue weighted by Crippen LogP contribution is -2.10. The summed E-state index contributed by atoms with van der Waals surface area (Å²) in [5.74, 6) is 1.69. The van der Waals surface area contributed by atoms with Crippen molar-refractivity contribution in [3.05, 3.63) is 89.1 Å². The first-order valence-electron chi connectivity index (χ1n) is 12.5. The monoisotopic (exact) mass is 491 g/mol. The van der Waals surface area contributed by atoms with Crippen LogP contribution < -0.4 is 4.74 Å². The van der Waals surface area contributed by atoms with E-state index in [9.17, 15) is 0 Å². The highest BCUT2D eigenvalue weighted by Gasteiger charge is 2.20. The van der Waals surface area contributed by atoms with Crippen LogP contribution in [0, 0.1) is 13.8 Å². The number of hydrogen-bond acceptors (Lipinski definition) is 6. The lowest BCUT2D eigenvalue weighted by molar-refractivity contribution is 0.258. The van der Waals surface area contributed by atoms with E-state index in [0.29, 0.717) is 18.3 Å². The van der Waals surface area contributed by atoms with Crippen molar-refractivity contribution in [3.63, 3.8) is 0 Å². The minimum atomic E-state index is 0.0975. The number of benzene rings is 3. The van der Waals surface area contributed by atoms with E-state index in [4.69, 9.17) is 19.1 Å². The molecule has 186 valence electrons. The molecule has 6 aromatic rings. The zero-order valence-corrected chi connectivity index (χ0v) is 21.7. The second-order valence-electron chi connectivity index (χ2n) is 10.5.